The van der Waals surface area contributed by atoms with Crippen LogP contribution in [0.25, 0.3) is 0 Å². The van der Waals surface area contributed by atoms with Gasteiger partial charge in [0.05, 0.1) is 12.2 Å². The van der Waals surface area contributed by atoms with E-state index in [2.05, 4.69) is 9.88 Å². The number of aromatic nitrogens is 1. The number of aliphatic imine (C=N–C) groups is 1. The molecule has 0 amide bonds. The predicted molar refractivity (Wildman–Crippen MR) is 102 cm³/mol. The van der Waals surface area contributed by atoms with Gasteiger partial charge in [-0.2, -0.15) is 0 Å². The smallest absolute Gasteiger partial charge is 0.338 e. The number of hydrogen-bond donors (Lipinski definition) is 0. The first-order chi connectivity index (χ1) is 13.1. The van der Waals surface area contributed by atoms with Crippen molar-refractivity contribution in [2.45, 2.75) is 32.7 Å². The molecule has 3 heterocycles. The standard InChI is InChI=1S/C20H20FN3O2S/c1-3-26-20(25)16-15-5-4-9-24(15)18(19-22-8-10-27-19)23-17(16)14-7-6-13(21)11-12(14)2/h6-8,10-11,17H,3-5,9H2,1-2H3. The van der Waals surface area contributed by atoms with Gasteiger partial charge in [0.15, 0.2) is 10.8 Å². The topological polar surface area (TPSA) is 54.8 Å². The van der Waals surface area contributed by atoms with E-state index in [-0.39, 0.29) is 11.8 Å². The summed E-state index contributed by atoms with van der Waals surface area (Å²) in [7, 11) is 0. The number of allylic oxidation sites excluding steroid dienone is 1. The number of nitrogens with zero attached hydrogens (tertiary/aromatic N) is 3. The summed E-state index contributed by atoms with van der Waals surface area (Å²) in [6, 6.07) is 4.08. The molecule has 2 aromatic rings. The number of rotatable bonds is 4. The highest BCUT2D eigenvalue weighted by atomic mass is 32.1. The fraction of sp³-hybridized carbons (Fsp3) is 0.350. The van der Waals surface area contributed by atoms with Crippen molar-refractivity contribution < 1.29 is 13.9 Å². The van der Waals surface area contributed by atoms with Crippen LogP contribution in [0.2, 0.25) is 0 Å². The Bertz CT molecular complexity index is 937. The van der Waals surface area contributed by atoms with Crippen molar-refractivity contribution in [1.82, 2.24) is 9.88 Å². The quantitative estimate of drug-likeness (QED) is 0.747. The molecule has 140 valence electrons. The van der Waals surface area contributed by atoms with Crippen LogP contribution in [0.1, 0.15) is 41.9 Å². The van der Waals surface area contributed by atoms with Gasteiger partial charge in [0.2, 0.25) is 0 Å². The molecule has 5 nitrogen and oxygen atoms in total. The van der Waals surface area contributed by atoms with Crippen LogP contribution in [0.4, 0.5) is 4.39 Å². The molecular weight excluding hydrogens is 365 g/mol. The van der Waals surface area contributed by atoms with E-state index in [1.54, 1.807) is 19.2 Å². The Morgan fingerprint density at radius 3 is 3.00 bits per heavy atom. The maximum Gasteiger partial charge on any atom is 0.338 e. The second-order valence-electron chi connectivity index (χ2n) is 6.53. The molecule has 0 N–H and O–H groups in total. The molecule has 0 spiro atoms. The van der Waals surface area contributed by atoms with E-state index in [9.17, 15) is 9.18 Å². The van der Waals surface area contributed by atoms with E-state index in [4.69, 9.17) is 9.73 Å². The molecule has 4 rings (SSSR count). The second-order valence-corrected chi connectivity index (χ2v) is 7.42. The average Bonchev–Trinajstić information content (AvgIpc) is 3.32. The number of thiazole rings is 1. The van der Waals surface area contributed by atoms with Gasteiger partial charge in [-0.1, -0.05) is 6.07 Å². The number of amidine groups is 1. The molecule has 0 bridgehead atoms. The Balaban J connectivity index is 1.89. The van der Waals surface area contributed by atoms with Crippen LogP contribution in [0, 0.1) is 12.7 Å². The lowest BCUT2D eigenvalue weighted by Gasteiger charge is -2.32. The van der Waals surface area contributed by atoms with Gasteiger partial charge in [-0.05, 0) is 49.9 Å². The molecule has 0 radical (unpaired) electrons. The molecule has 0 aliphatic carbocycles. The molecule has 1 aromatic heterocycles. The largest absolute Gasteiger partial charge is 0.463 e. The Morgan fingerprint density at radius 1 is 1.44 bits per heavy atom. The summed E-state index contributed by atoms with van der Waals surface area (Å²) < 4.78 is 19.0. The van der Waals surface area contributed by atoms with Gasteiger partial charge >= 0.3 is 5.97 Å². The van der Waals surface area contributed by atoms with Crippen molar-refractivity contribution in [1.29, 1.82) is 0 Å². The molecule has 7 heteroatoms. The zero-order chi connectivity index (χ0) is 19.0. The van der Waals surface area contributed by atoms with Gasteiger partial charge in [-0.15, -0.1) is 11.3 Å². The highest BCUT2D eigenvalue weighted by Gasteiger charge is 2.39. The number of fused-ring (bicyclic) bond motifs is 1. The number of benzene rings is 1. The van der Waals surface area contributed by atoms with E-state index >= 15 is 0 Å². The number of carbonyl (C=O) groups is 1. The summed E-state index contributed by atoms with van der Waals surface area (Å²) in [5.41, 5.74) is 3.08. The summed E-state index contributed by atoms with van der Waals surface area (Å²) in [6.07, 6.45) is 3.48. The Labute approximate surface area is 161 Å². The Kier molecular flexibility index (Phi) is 4.78. The van der Waals surface area contributed by atoms with Gasteiger partial charge in [0.25, 0.3) is 0 Å². The lowest BCUT2D eigenvalue weighted by molar-refractivity contribution is -0.139. The van der Waals surface area contributed by atoms with Crippen molar-refractivity contribution in [3.8, 4) is 0 Å². The number of aryl methyl sites for hydroxylation is 1. The van der Waals surface area contributed by atoms with Crippen molar-refractivity contribution in [3.63, 3.8) is 0 Å². The SMILES string of the molecule is CCOC(=O)C1=C2CCCN2C(c2nccs2)=NC1c1ccc(F)cc1C. The van der Waals surface area contributed by atoms with Crippen LogP contribution >= 0.6 is 11.3 Å². The number of hydrogen-bond acceptors (Lipinski definition) is 6. The van der Waals surface area contributed by atoms with Gasteiger partial charge in [0, 0.05) is 23.8 Å². The monoisotopic (exact) mass is 385 g/mol. The molecule has 1 fully saturated rings. The highest BCUT2D eigenvalue weighted by molar-refractivity contribution is 7.11. The molecule has 0 saturated carbocycles. The fourth-order valence-corrected chi connectivity index (χ4v) is 4.36. The minimum atomic E-state index is -0.520. The molecule has 1 unspecified atom stereocenters. The minimum Gasteiger partial charge on any atom is -0.463 e. The van der Waals surface area contributed by atoms with Crippen molar-refractivity contribution in [3.05, 3.63) is 63.0 Å². The van der Waals surface area contributed by atoms with Crippen molar-refractivity contribution in [2.75, 3.05) is 13.2 Å². The molecule has 2 aliphatic rings. The van der Waals surface area contributed by atoms with Gasteiger partial charge < -0.3 is 9.64 Å². The number of esters is 1. The summed E-state index contributed by atoms with van der Waals surface area (Å²) >= 11 is 1.52. The normalized spacial score (nSPS) is 19.1. The number of halogens is 1. The molecule has 1 atom stereocenters. The van der Waals surface area contributed by atoms with Gasteiger partial charge in [-0.25, -0.2) is 14.2 Å². The summed E-state index contributed by atoms with van der Waals surface area (Å²) in [5, 5.41) is 2.73. The summed E-state index contributed by atoms with van der Waals surface area (Å²) in [6.45, 7) is 4.73. The summed E-state index contributed by atoms with van der Waals surface area (Å²) in [4.78, 5) is 24.3. The van der Waals surface area contributed by atoms with Crippen molar-refractivity contribution in [2.24, 2.45) is 4.99 Å². The average molecular weight is 385 g/mol. The third-order valence-corrected chi connectivity index (χ3v) is 5.63. The first-order valence-corrected chi connectivity index (χ1v) is 9.89. The molecule has 27 heavy (non-hydrogen) atoms. The summed E-state index contributed by atoms with van der Waals surface area (Å²) in [5.74, 6) is 0.123. The van der Waals surface area contributed by atoms with E-state index in [0.717, 1.165) is 47.1 Å². The first-order valence-electron chi connectivity index (χ1n) is 9.01. The third kappa shape index (κ3) is 3.16. The predicted octanol–water partition coefficient (Wildman–Crippen LogP) is 4.01. The third-order valence-electron chi connectivity index (χ3n) is 4.86. The number of ether oxygens (including phenoxy) is 1. The lowest BCUT2D eigenvalue weighted by atomic mass is 9.92. The van der Waals surface area contributed by atoms with E-state index in [1.807, 2.05) is 12.3 Å². The molecular formula is C20H20FN3O2S. The molecule has 1 saturated heterocycles. The van der Waals surface area contributed by atoms with E-state index in [1.165, 1.54) is 23.5 Å². The highest BCUT2D eigenvalue weighted by Crippen LogP contribution is 2.41. The van der Waals surface area contributed by atoms with Crippen molar-refractivity contribution >= 4 is 23.1 Å². The van der Waals surface area contributed by atoms with Gasteiger partial charge in [0.1, 0.15) is 11.9 Å². The Hall–Kier alpha value is -2.54. The van der Waals surface area contributed by atoms with E-state index < -0.39 is 6.04 Å². The maximum atomic E-state index is 13.7. The van der Waals surface area contributed by atoms with Crippen LogP contribution in [0.3, 0.4) is 0 Å². The zero-order valence-electron chi connectivity index (χ0n) is 15.2. The Morgan fingerprint density at radius 2 is 2.30 bits per heavy atom. The second kappa shape index (κ2) is 7.23. The zero-order valence-corrected chi connectivity index (χ0v) is 16.1. The maximum absolute atomic E-state index is 13.7. The first kappa shape index (κ1) is 17.9. The van der Waals surface area contributed by atoms with E-state index in [0.29, 0.717) is 12.2 Å². The van der Waals surface area contributed by atoms with Crippen LogP contribution in [-0.4, -0.2) is 34.8 Å². The molecule has 2 aliphatic heterocycles. The van der Waals surface area contributed by atoms with Gasteiger partial charge in [-0.3, -0.25) is 4.99 Å². The number of carbonyl (C=O) groups excluding carboxylic acids is 1. The van der Waals surface area contributed by atoms with Crippen LogP contribution < -0.4 is 0 Å². The lowest BCUT2D eigenvalue weighted by Crippen LogP contribution is -2.35. The van der Waals surface area contributed by atoms with Crippen LogP contribution in [-0.2, 0) is 9.53 Å². The fourth-order valence-electron chi connectivity index (χ4n) is 3.72. The minimum absolute atomic E-state index is 0.299. The van der Waals surface area contributed by atoms with Crippen LogP contribution in [0.5, 0.6) is 0 Å². The van der Waals surface area contributed by atoms with Crippen LogP contribution in [0.15, 0.2) is 46.0 Å². The molecule has 1 aromatic carbocycles.